The lowest BCUT2D eigenvalue weighted by Crippen LogP contribution is -2.35. The van der Waals surface area contributed by atoms with Gasteiger partial charge in [-0.1, -0.05) is 25.3 Å². The third-order valence-corrected chi connectivity index (χ3v) is 7.96. The summed E-state index contributed by atoms with van der Waals surface area (Å²) in [6, 6.07) is 15.8. The molecule has 2 saturated heterocycles. The monoisotopic (exact) mass is 530 g/mol. The van der Waals surface area contributed by atoms with Gasteiger partial charge in [0.1, 0.15) is 11.5 Å². The number of carbonyl (C=O) groups is 2. The van der Waals surface area contributed by atoms with Crippen LogP contribution in [0, 0.1) is 5.92 Å². The number of likely N-dealkylation sites (tertiary alicyclic amines) is 1. The van der Waals surface area contributed by atoms with Gasteiger partial charge in [-0.25, -0.2) is 9.59 Å². The van der Waals surface area contributed by atoms with Crippen LogP contribution in [-0.4, -0.2) is 49.6 Å². The van der Waals surface area contributed by atoms with Gasteiger partial charge in [0.15, 0.2) is 0 Å². The zero-order chi connectivity index (χ0) is 27.8. The first kappa shape index (κ1) is 28.6. The third-order valence-electron chi connectivity index (χ3n) is 7.96. The highest BCUT2D eigenvalue weighted by molar-refractivity contribution is 5.89. The topological polar surface area (TPSA) is 59.1 Å². The fraction of sp³-hybridized carbons (Fsp3) is 0.455. The zero-order valence-corrected chi connectivity index (χ0v) is 23.5. The largest absolute Gasteiger partial charge is 0.423 e. The summed E-state index contributed by atoms with van der Waals surface area (Å²) < 4.78 is 10.6. The number of hydrogen-bond acceptors (Lipinski definition) is 6. The average molecular weight is 531 g/mol. The normalized spacial score (nSPS) is 17.0. The van der Waals surface area contributed by atoms with E-state index in [0.29, 0.717) is 28.6 Å². The molecule has 2 aromatic rings. The maximum Gasteiger partial charge on any atom is 0.338 e. The molecular formula is C33H42N2O4. The maximum absolute atomic E-state index is 11.7. The second kappa shape index (κ2) is 13.6. The van der Waals surface area contributed by atoms with Crippen molar-refractivity contribution >= 4 is 17.6 Å². The molecule has 0 amide bonds. The fourth-order valence-electron chi connectivity index (χ4n) is 5.49. The minimum Gasteiger partial charge on any atom is -0.423 e. The predicted molar refractivity (Wildman–Crippen MR) is 156 cm³/mol. The van der Waals surface area contributed by atoms with Gasteiger partial charge in [0.2, 0.25) is 0 Å². The van der Waals surface area contributed by atoms with Crippen molar-refractivity contribution in [3.8, 4) is 11.5 Å². The Labute approximate surface area is 233 Å². The first-order chi connectivity index (χ1) is 18.8. The van der Waals surface area contributed by atoms with Crippen molar-refractivity contribution in [3.63, 3.8) is 0 Å². The molecule has 208 valence electrons. The lowest BCUT2D eigenvalue weighted by Gasteiger charge is -2.35. The molecule has 0 saturated carbocycles. The highest BCUT2D eigenvalue weighted by Crippen LogP contribution is 2.31. The number of nitrogens with zero attached hydrogens (tertiary/aromatic N) is 2. The Bertz CT molecular complexity index is 1050. The van der Waals surface area contributed by atoms with Crippen LogP contribution in [0.1, 0.15) is 63.9 Å². The van der Waals surface area contributed by atoms with Gasteiger partial charge in [0.05, 0.1) is 0 Å². The van der Waals surface area contributed by atoms with Gasteiger partial charge in [0, 0.05) is 29.9 Å². The number of rotatable bonds is 10. The summed E-state index contributed by atoms with van der Waals surface area (Å²) >= 11 is 0. The molecule has 0 radical (unpaired) electrons. The van der Waals surface area contributed by atoms with Crippen LogP contribution < -0.4 is 14.4 Å². The van der Waals surface area contributed by atoms with E-state index in [0.717, 1.165) is 32.1 Å². The smallest absolute Gasteiger partial charge is 0.338 e. The number of piperidine rings is 2. The van der Waals surface area contributed by atoms with E-state index in [2.05, 4.69) is 35.1 Å². The van der Waals surface area contributed by atoms with Crippen LogP contribution in [0.2, 0.25) is 0 Å². The van der Waals surface area contributed by atoms with Gasteiger partial charge in [-0.15, -0.1) is 0 Å². The highest BCUT2D eigenvalue weighted by Gasteiger charge is 2.23. The summed E-state index contributed by atoms with van der Waals surface area (Å²) in [5.41, 5.74) is 3.33. The van der Waals surface area contributed by atoms with Gasteiger partial charge in [-0.05, 0) is 126 Å². The minimum atomic E-state index is -0.386. The summed E-state index contributed by atoms with van der Waals surface area (Å²) in [5.74, 6) is 1.75. The van der Waals surface area contributed by atoms with E-state index in [1.807, 2.05) is 36.4 Å². The van der Waals surface area contributed by atoms with E-state index in [-0.39, 0.29) is 11.9 Å². The molecule has 0 N–H and O–H groups in total. The number of hydrogen-bond donors (Lipinski definition) is 0. The number of anilines is 1. The molecule has 2 heterocycles. The van der Waals surface area contributed by atoms with Crippen molar-refractivity contribution < 1.29 is 19.1 Å². The number of benzene rings is 2. The molecule has 0 aromatic heterocycles. The molecular weight excluding hydrogens is 488 g/mol. The standard InChI is InChI=1S/C33H42N2O4/c1-24(2)32(36)38-30-11-7-27(8-12-30)28-17-20-34(21-18-28)19-5-6-26-15-22-35(23-16-26)29-9-13-31(14-10-29)39-33(37)25(3)4/h7-14,26,28H,1,3,5-6,15-23H2,2,4H3. The molecule has 0 spiro atoms. The highest BCUT2D eigenvalue weighted by atomic mass is 16.5. The van der Waals surface area contributed by atoms with Crippen molar-refractivity contribution in [1.82, 2.24) is 4.90 Å². The summed E-state index contributed by atoms with van der Waals surface area (Å²) in [6.45, 7) is 16.2. The third kappa shape index (κ3) is 8.30. The van der Waals surface area contributed by atoms with E-state index < -0.39 is 0 Å². The van der Waals surface area contributed by atoms with Crippen molar-refractivity contribution in [2.45, 2.75) is 58.3 Å². The predicted octanol–water partition coefficient (Wildman–Crippen LogP) is 6.53. The van der Waals surface area contributed by atoms with Crippen LogP contribution in [0.4, 0.5) is 5.69 Å². The van der Waals surface area contributed by atoms with Gasteiger partial charge in [0.25, 0.3) is 0 Å². The summed E-state index contributed by atoms with van der Waals surface area (Å²) in [5, 5.41) is 0. The van der Waals surface area contributed by atoms with Crippen LogP contribution in [-0.2, 0) is 9.59 Å². The molecule has 6 heteroatoms. The van der Waals surface area contributed by atoms with E-state index in [9.17, 15) is 9.59 Å². The molecule has 6 nitrogen and oxygen atoms in total. The minimum absolute atomic E-state index is 0.378. The van der Waals surface area contributed by atoms with E-state index >= 15 is 0 Å². The van der Waals surface area contributed by atoms with Crippen molar-refractivity contribution in [2.24, 2.45) is 5.92 Å². The summed E-state index contributed by atoms with van der Waals surface area (Å²) in [6.07, 6.45) is 7.37. The first-order valence-electron chi connectivity index (χ1n) is 14.2. The number of esters is 2. The van der Waals surface area contributed by atoms with Crippen LogP contribution in [0.15, 0.2) is 72.8 Å². The molecule has 2 fully saturated rings. The molecule has 0 aliphatic carbocycles. The Morgan fingerprint density at radius 3 is 1.79 bits per heavy atom. The second-order valence-corrected chi connectivity index (χ2v) is 11.1. The molecule has 2 aliphatic rings. The van der Waals surface area contributed by atoms with Gasteiger partial charge in [-0.2, -0.15) is 0 Å². The van der Waals surface area contributed by atoms with Crippen LogP contribution in [0.25, 0.3) is 0 Å². The number of carbonyl (C=O) groups excluding carboxylic acids is 2. The van der Waals surface area contributed by atoms with Crippen molar-refractivity contribution in [2.75, 3.05) is 37.6 Å². The lowest BCUT2D eigenvalue weighted by atomic mass is 9.89. The lowest BCUT2D eigenvalue weighted by molar-refractivity contribution is -0.130. The van der Waals surface area contributed by atoms with Gasteiger partial charge in [-0.3, -0.25) is 0 Å². The average Bonchev–Trinajstić information content (AvgIpc) is 2.94. The SMILES string of the molecule is C=C(C)C(=O)Oc1ccc(C2CCN(CCCC3CCN(c4ccc(OC(=O)C(=C)C)cc4)CC3)CC2)cc1. The molecule has 2 aliphatic heterocycles. The van der Waals surface area contributed by atoms with Crippen LogP contribution >= 0.6 is 0 Å². The van der Waals surface area contributed by atoms with Crippen molar-refractivity contribution in [1.29, 1.82) is 0 Å². The molecule has 4 rings (SSSR count). The maximum atomic E-state index is 11.7. The molecule has 39 heavy (non-hydrogen) atoms. The Balaban J connectivity index is 1.12. The van der Waals surface area contributed by atoms with Crippen LogP contribution in [0.3, 0.4) is 0 Å². The molecule has 0 atom stereocenters. The van der Waals surface area contributed by atoms with Crippen LogP contribution in [0.5, 0.6) is 11.5 Å². The summed E-state index contributed by atoms with van der Waals surface area (Å²) in [7, 11) is 0. The Morgan fingerprint density at radius 2 is 1.28 bits per heavy atom. The second-order valence-electron chi connectivity index (χ2n) is 11.1. The molecule has 0 unspecified atom stereocenters. The Kier molecular flexibility index (Phi) is 9.99. The van der Waals surface area contributed by atoms with Gasteiger partial charge < -0.3 is 19.3 Å². The zero-order valence-electron chi connectivity index (χ0n) is 23.5. The molecule has 0 bridgehead atoms. The van der Waals surface area contributed by atoms with Crippen molar-refractivity contribution in [3.05, 3.63) is 78.4 Å². The Hall–Kier alpha value is -3.38. The van der Waals surface area contributed by atoms with E-state index in [1.54, 1.807) is 13.8 Å². The fourth-order valence-corrected chi connectivity index (χ4v) is 5.49. The number of ether oxygens (including phenoxy) is 2. The summed E-state index contributed by atoms with van der Waals surface area (Å²) in [4.78, 5) is 28.5. The van der Waals surface area contributed by atoms with E-state index in [4.69, 9.17) is 9.47 Å². The first-order valence-corrected chi connectivity index (χ1v) is 14.2. The van der Waals surface area contributed by atoms with Gasteiger partial charge >= 0.3 is 11.9 Å². The van der Waals surface area contributed by atoms with E-state index in [1.165, 1.54) is 56.3 Å². The molecule has 2 aromatic carbocycles. The quantitative estimate of drug-likeness (QED) is 0.198. The Morgan fingerprint density at radius 1 is 0.769 bits per heavy atom.